The van der Waals surface area contributed by atoms with Crippen LogP contribution in [0.4, 0.5) is 0 Å². The number of fused-ring (bicyclic) bond motifs is 5. The van der Waals surface area contributed by atoms with Crippen molar-refractivity contribution in [1.82, 2.24) is 4.98 Å². The van der Waals surface area contributed by atoms with E-state index < -0.39 is 0 Å². The van der Waals surface area contributed by atoms with Gasteiger partial charge in [-0.2, -0.15) is 0 Å². The third kappa shape index (κ3) is 1.45. The Balaban J connectivity index is 2.39. The van der Waals surface area contributed by atoms with Gasteiger partial charge in [-0.15, -0.1) is 0 Å². The van der Waals surface area contributed by atoms with Gasteiger partial charge in [0.2, 0.25) is 0 Å². The molecule has 2 aromatic carbocycles. The number of rotatable bonds is 0. The minimum absolute atomic E-state index is 0.229. The summed E-state index contributed by atoms with van der Waals surface area (Å²) in [5, 5.41) is 3.89. The lowest BCUT2D eigenvalue weighted by Crippen LogP contribution is -2.02. The molecule has 0 fully saturated rings. The van der Waals surface area contributed by atoms with E-state index in [9.17, 15) is 4.79 Å². The predicted molar refractivity (Wildman–Crippen MR) is 75.3 cm³/mol. The zero-order chi connectivity index (χ0) is 12.8. The van der Waals surface area contributed by atoms with E-state index >= 15 is 0 Å². The van der Waals surface area contributed by atoms with Gasteiger partial charge < -0.3 is 4.42 Å². The lowest BCUT2D eigenvalue weighted by Gasteiger charge is -2.05. The Morgan fingerprint density at radius 2 is 1.74 bits per heavy atom. The molecule has 4 rings (SSSR count). The van der Waals surface area contributed by atoms with E-state index in [0.717, 1.165) is 27.1 Å². The smallest absolute Gasteiger partial charge is 0.270 e. The highest BCUT2D eigenvalue weighted by molar-refractivity contribution is 6.16. The molecule has 0 atom stereocenters. The SMILES string of the molecule is O=c1ccc2ccc3occ4ccccc4c3c2n1. The second-order valence-electron chi connectivity index (χ2n) is 4.48. The molecule has 0 bridgehead atoms. The van der Waals surface area contributed by atoms with E-state index in [-0.39, 0.29) is 5.56 Å². The molecular formula is C16H9NO2. The number of pyridine rings is 1. The van der Waals surface area contributed by atoms with Crippen LogP contribution in [0.2, 0.25) is 0 Å². The molecule has 2 aromatic heterocycles. The first-order valence-corrected chi connectivity index (χ1v) is 6.03. The van der Waals surface area contributed by atoms with E-state index in [1.165, 1.54) is 6.07 Å². The fourth-order valence-electron chi connectivity index (χ4n) is 2.47. The topological polar surface area (TPSA) is 43.1 Å². The van der Waals surface area contributed by atoms with Gasteiger partial charge in [-0.25, -0.2) is 4.98 Å². The Morgan fingerprint density at radius 1 is 0.895 bits per heavy atom. The van der Waals surface area contributed by atoms with Gasteiger partial charge in [0, 0.05) is 16.8 Å². The molecule has 0 N–H and O–H groups in total. The van der Waals surface area contributed by atoms with E-state index in [0.29, 0.717) is 5.52 Å². The van der Waals surface area contributed by atoms with Gasteiger partial charge in [0.25, 0.3) is 5.56 Å². The molecule has 0 radical (unpaired) electrons. The van der Waals surface area contributed by atoms with Crippen LogP contribution in [0.1, 0.15) is 0 Å². The molecular weight excluding hydrogens is 238 g/mol. The van der Waals surface area contributed by atoms with Crippen LogP contribution in [0.25, 0.3) is 32.6 Å². The highest BCUT2D eigenvalue weighted by Gasteiger charge is 2.08. The number of hydrogen-bond acceptors (Lipinski definition) is 3. The highest BCUT2D eigenvalue weighted by atomic mass is 16.3. The summed E-state index contributed by atoms with van der Waals surface area (Å²) in [6, 6.07) is 15.0. The average molecular weight is 247 g/mol. The average Bonchev–Trinajstić information content (AvgIpc) is 2.46. The third-order valence-electron chi connectivity index (χ3n) is 3.34. The molecule has 0 spiro atoms. The number of aromatic nitrogens is 1. The van der Waals surface area contributed by atoms with Crippen molar-refractivity contribution < 1.29 is 4.42 Å². The first kappa shape index (κ1) is 10.3. The Hall–Kier alpha value is -2.68. The van der Waals surface area contributed by atoms with Crippen molar-refractivity contribution in [2.24, 2.45) is 0 Å². The molecule has 3 nitrogen and oxygen atoms in total. The van der Waals surface area contributed by atoms with Crippen LogP contribution < -0.4 is 5.56 Å². The standard InChI is InChI=1S/C16H9NO2/c18-14-8-6-10-5-7-13-15(16(10)17-14)12-4-2-1-3-11(12)9-19-13/h1-9H. The zero-order valence-electron chi connectivity index (χ0n) is 9.96. The van der Waals surface area contributed by atoms with Crippen LogP contribution in [0.15, 0.2) is 64.0 Å². The van der Waals surface area contributed by atoms with Gasteiger partial charge in [0.1, 0.15) is 5.58 Å². The quantitative estimate of drug-likeness (QED) is 0.447. The minimum atomic E-state index is -0.229. The number of hydrogen-bond donors (Lipinski definition) is 0. The maximum atomic E-state index is 11.5. The van der Waals surface area contributed by atoms with Crippen molar-refractivity contribution >= 4 is 32.6 Å². The van der Waals surface area contributed by atoms with Crippen molar-refractivity contribution in [3.8, 4) is 0 Å². The van der Waals surface area contributed by atoms with Gasteiger partial charge in [-0.05, 0) is 23.6 Å². The monoisotopic (exact) mass is 247 g/mol. The molecule has 2 heterocycles. The van der Waals surface area contributed by atoms with E-state index in [1.54, 1.807) is 12.3 Å². The maximum Gasteiger partial charge on any atom is 0.270 e. The van der Waals surface area contributed by atoms with Crippen LogP contribution in [-0.4, -0.2) is 4.98 Å². The summed E-state index contributed by atoms with van der Waals surface area (Å²) >= 11 is 0. The molecule has 0 unspecified atom stereocenters. The molecule has 4 aromatic rings. The molecule has 0 aliphatic heterocycles. The molecule has 0 saturated heterocycles. The summed E-state index contributed by atoms with van der Waals surface area (Å²) in [6.07, 6.45) is 1.73. The van der Waals surface area contributed by atoms with E-state index in [1.807, 2.05) is 36.4 Å². The van der Waals surface area contributed by atoms with Crippen molar-refractivity contribution in [2.75, 3.05) is 0 Å². The van der Waals surface area contributed by atoms with Crippen LogP contribution in [0.5, 0.6) is 0 Å². The summed E-state index contributed by atoms with van der Waals surface area (Å²) in [6.45, 7) is 0. The minimum Gasteiger partial charge on any atom is -0.464 e. The molecule has 0 amide bonds. The summed E-state index contributed by atoms with van der Waals surface area (Å²) in [7, 11) is 0. The Morgan fingerprint density at radius 3 is 2.68 bits per heavy atom. The normalized spacial score (nSPS) is 11.4. The molecule has 0 saturated carbocycles. The summed E-state index contributed by atoms with van der Waals surface area (Å²) in [5.74, 6) is 0. The Bertz CT molecular complexity index is 981. The van der Waals surface area contributed by atoms with Gasteiger partial charge in [0.15, 0.2) is 0 Å². The van der Waals surface area contributed by atoms with Crippen LogP contribution in [0.3, 0.4) is 0 Å². The zero-order valence-corrected chi connectivity index (χ0v) is 9.96. The second kappa shape index (κ2) is 3.65. The van der Waals surface area contributed by atoms with E-state index in [2.05, 4.69) is 4.98 Å². The van der Waals surface area contributed by atoms with Gasteiger partial charge in [-0.1, -0.05) is 24.3 Å². The van der Waals surface area contributed by atoms with Crippen LogP contribution in [0, 0.1) is 0 Å². The predicted octanol–water partition coefficient (Wildman–Crippen LogP) is 3.49. The van der Waals surface area contributed by atoms with Crippen LogP contribution >= 0.6 is 0 Å². The second-order valence-corrected chi connectivity index (χ2v) is 4.48. The first-order valence-electron chi connectivity index (χ1n) is 6.03. The number of benzene rings is 2. The molecule has 3 heteroatoms. The Labute approximate surface area is 108 Å². The van der Waals surface area contributed by atoms with Gasteiger partial charge >= 0.3 is 0 Å². The fourth-order valence-corrected chi connectivity index (χ4v) is 2.47. The highest BCUT2D eigenvalue weighted by Crippen LogP contribution is 2.30. The fraction of sp³-hybridized carbons (Fsp3) is 0. The molecule has 0 aliphatic rings. The maximum absolute atomic E-state index is 11.5. The summed E-state index contributed by atoms with van der Waals surface area (Å²) < 4.78 is 5.63. The molecule has 90 valence electrons. The molecule has 0 aliphatic carbocycles. The van der Waals surface area contributed by atoms with Gasteiger partial charge in [-0.3, -0.25) is 4.79 Å². The first-order chi connectivity index (χ1) is 9.33. The lowest BCUT2D eigenvalue weighted by atomic mass is 10.0. The Kier molecular flexibility index (Phi) is 1.97. The van der Waals surface area contributed by atoms with Crippen molar-refractivity contribution in [3.05, 3.63) is 65.1 Å². The van der Waals surface area contributed by atoms with Gasteiger partial charge in [0.05, 0.1) is 17.2 Å². The summed E-state index contributed by atoms with van der Waals surface area (Å²) in [5.41, 5.74) is 1.21. The van der Waals surface area contributed by atoms with Crippen LogP contribution in [-0.2, 0) is 0 Å². The molecule has 19 heavy (non-hydrogen) atoms. The third-order valence-corrected chi connectivity index (χ3v) is 3.34. The lowest BCUT2D eigenvalue weighted by molar-refractivity contribution is 0.611. The van der Waals surface area contributed by atoms with Crippen molar-refractivity contribution in [1.29, 1.82) is 0 Å². The van der Waals surface area contributed by atoms with Crippen molar-refractivity contribution in [3.63, 3.8) is 0 Å². The summed E-state index contributed by atoms with van der Waals surface area (Å²) in [4.78, 5) is 15.7. The number of nitrogens with zero attached hydrogens (tertiary/aromatic N) is 1. The largest absolute Gasteiger partial charge is 0.464 e. The van der Waals surface area contributed by atoms with Crippen molar-refractivity contribution in [2.45, 2.75) is 0 Å². The van der Waals surface area contributed by atoms with E-state index in [4.69, 9.17) is 4.42 Å².